The molecule has 0 aliphatic heterocycles. The molecular weight excluding hydrogens is 258 g/mol. The lowest BCUT2D eigenvalue weighted by Gasteiger charge is -2.04. The van der Waals surface area contributed by atoms with E-state index in [1.165, 1.54) is 16.7 Å². The zero-order valence-electron chi connectivity index (χ0n) is 12.0. The average molecular weight is 275 g/mol. The van der Waals surface area contributed by atoms with E-state index in [1.54, 1.807) is 12.4 Å². The van der Waals surface area contributed by atoms with Crippen molar-refractivity contribution in [1.82, 2.24) is 15.0 Å². The van der Waals surface area contributed by atoms with Crippen LogP contribution in [0.2, 0.25) is 0 Å². The summed E-state index contributed by atoms with van der Waals surface area (Å²) in [5, 5.41) is 0. The van der Waals surface area contributed by atoms with Crippen molar-refractivity contribution in [3.63, 3.8) is 0 Å². The number of hydrogen-bond acceptors (Lipinski definition) is 3. The second-order valence-corrected chi connectivity index (χ2v) is 5.16. The molecule has 21 heavy (non-hydrogen) atoms. The Labute approximate surface area is 124 Å². The molecule has 0 radical (unpaired) electrons. The predicted octanol–water partition coefficient (Wildman–Crippen LogP) is 3.36. The Hall–Kier alpha value is -2.55. The summed E-state index contributed by atoms with van der Waals surface area (Å²) in [6, 6.07) is 14.6. The van der Waals surface area contributed by atoms with E-state index >= 15 is 0 Å². The number of benzene rings is 1. The average Bonchev–Trinajstić information content (AvgIpc) is 2.53. The van der Waals surface area contributed by atoms with Crippen molar-refractivity contribution in [3.8, 4) is 0 Å². The van der Waals surface area contributed by atoms with Crippen LogP contribution in [0.4, 0.5) is 0 Å². The van der Waals surface area contributed by atoms with E-state index in [2.05, 4.69) is 58.3 Å². The minimum atomic E-state index is 0.672. The molecule has 0 saturated heterocycles. The van der Waals surface area contributed by atoms with Gasteiger partial charge >= 0.3 is 0 Å². The van der Waals surface area contributed by atoms with Crippen molar-refractivity contribution in [2.45, 2.75) is 19.8 Å². The summed E-state index contributed by atoms with van der Waals surface area (Å²) in [6.45, 7) is 2.10. The van der Waals surface area contributed by atoms with Crippen LogP contribution in [-0.2, 0) is 12.8 Å². The first-order valence-corrected chi connectivity index (χ1v) is 7.05. The van der Waals surface area contributed by atoms with Gasteiger partial charge in [0, 0.05) is 30.7 Å². The Morgan fingerprint density at radius 3 is 2.14 bits per heavy atom. The number of nitrogens with zero attached hydrogens (tertiary/aromatic N) is 3. The fourth-order valence-electron chi connectivity index (χ4n) is 2.19. The molecule has 3 heteroatoms. The molecule has 3 aromatic rings. The van der Waals surface area contributed by atoms with Crippen LogP contribution in [0.3, 0.4) is 0 Å². The molecule has 3 rings (SSSR count). The fourth-order valence-corrected chi connectivity index (χ4v) is 2.19. The third-order valence-electron chi connectivity index (χ3n) is 3.37. The highest BCUT2D eigenvalue weighted by Gasteiger charge is 2.01. The van der Waals surface area contributed by atoms with E-state index in [0.29, 0.717) is 6.42 Å². The first kappa shape index (κ1) is 13.4. The third-order valence-corrected chi connectivity index (χ3v) is 3.37. The first-order chi connectivity index (χ1) is 10.3. The van der Waals surface area contributed by atoms with Gasteiger partial charge in [0.25, 0.3) is 0 Å². The molecule has 0 aliphatic rings. The Balaban J connectivity index is 1.68. The van der Waals surface area contributed by atoms with E-state index in [1.807, 2.05) is 12.3 Å². The molecule has 0 saturated carbocycles. The van der Waals surface area contributed by atoms with Crippen molar-refractivity contribution in [3.05, 3.63) is 89.3 Å². The standard InChI is InChI=1S/C18H17N3/c1-14-3-5-15(6-4-14)11-16-7-8-17(21-13-16)12-18-19-9-2-10-20-18/h2-10,13H,11-12H2,1H3. The van der Waals surface area contributed by atoms with Gasteiger partial charge in [-0.1, -0.05) is 35.9 Å². The quantitative estimate of drug-likeness (QED) is 0.733. The van der Waals surface area contributed by atoms with Gasteiger partial charge in [-0.05, 0) is 36.6 Å². The minimum absolute atomic E-state index is 0.672. The van der Waals surface area contributed by atoms with Crippen molar-refractivity contribution in [2.75, 3.05) is 0 Å². The van der Waals surface area contributed by atoms with Gasteiger partial charge in [-0.15, -0.1) is 0 Å². The van der Waals surface area contributed by atoms with E-state index in [0.717, 1.165) is 17.9 Å². The lowest BCUT2D eigenvalue weighted by atomic mass is 10.0. The predicted molar refractivity (Wildman–Crippen MR) is 83.1 cm³/mol. The molecule has 0 unspecified atom stereocenters. The molecule has 2 aromatic heterocycles. The molecule has 0 aliphatic carbocycles. The summed E-state index contributed by atoms with van der Waals surface area (Å²) < 4.78 is 0. The highest BCUT2D eigenvalue weighted by molar-refractivity contribution is 5.27. The van der Waals surface area contributed by atoms with Crippen LogP contribution in [0, 0.1) is 6.92 Å². The molecule has 1 aromatic carbocycles. The molecule has 2 heterocycles. The summed E-state index contributed by atoms with van der Waals surface area (Å²) in [4.78, 5) is 13.0. The monoisotopic (exact) mass is 275 g/mol. The van der Waals surface area contributed by atoms with E-state index in [4.69, 9.17) is 0 Å². The molecule has 0 atom stereocenters. The number of hydrogen-bond donors (Lipinski definition) is 0. The Morgan fingerprint density at radius 2 is 1.48 bits per heavy atom. The molecule has 0 amide bonds. The molecule has 3 nitrogen and oxygen atoms in total. The van der Waals surface area contributed by atoms with Crippen LogP contribution in [0.5, 0.6) is 0 Å². The van der Waals surface area contributed by atoms with Gasteiger partial charge in [-0.3, -0.25) is 4.98 Å². The summed E-state index contributed by atoms with van der Waals surface area (Å²) >= 11 is 0. The number of aryl methyl sites for hydroxylation is 1. The van der Waals surface area contributed by atoms with Crippen LogP contribution in [0.25, 0.3) is 0 Å². The Kier molecular flexibility index (Phi) is 4.01. The normalized spacial score (nSPS) is 10.5. The zero-order chi connectivity index (χ0) is 14.5. The fraction of sp³-hybridized carbons (Fsp3) is 0.167. The molecule has 104 valence electrons. The summed E-state index contributed by atoms with van der Waals surface area (Å²) in [5.74, 6) is 0.802. The van der Waals surface area contributed by atoms with Crippen molar-refractivity contribution >= 4 is 0 Å². The van der Waals surface area contributed by atoms with E-state index in [9.17, 15) is 0 Å². The summed E-state index contributed by atoms with van der Waals surface area (Å²) in [7, 11) is 0. The molecule has 0 bridgehead atoms. The molecular formula is C18H17N3. The van der Waals surface area contributed by atoms with Gasteiger partial charge in [0.1, 0.15) is 5.82 Å². The lowest BCUT2D eigenvalue weighted by Crippen LogP contribution is -1.98. The molecule has 0 fully saturated rings. The Morgan fingerprint density at radius 1 is 0.762 bits per heavy atom. The van der Waals surface area contributed by atoms with E-state index in [-0.39, 0.29) is 0 Å². The van der Waals surface area contributed by atoms with Crippen LogP contribution in [0.15, 0.2) is 61.1 Å². The highest BCUT2D eigenvalue weighted by atomic mass is 14.9. The maximum Gasteiger partial charge on any atom is 0.134 e. The summed E-state index contributed by atoms with van der Waals surface area (Å²) in [5.41, 5.74) is 4.81. The zero-order valence-corrected chi connectivity index (χ0v) is 12.0. The maximum absolute atomic E-state index is 4.51. The SMILES string of the molecule is Cc1ccc(Cc2ccc(Cc3ncccn3)nc2)cc1. The summed E-state index contributed by atoms with van der Waals surface area (Å²) in [6.07, 6.45) is 7.04. The van der Waals surface area contributed by atoms with Gasteiger partial charge in [0.05, 0.1) is 0 Å². The smallest absolute Gasteiger partial charge is 0.134 e. The second-order valence-electron chi connectivity index (χ2n) is 5.16. The third kappa shape index (κ3) is 3.72. The van der Waals surface area contributed by atoms with Gasteiger partial charge in [0.2, 0.25) is 0 Å². The van der Waals surface area contributed by atoms with Crippen LogP contribution in [-0.4, -0.2) is 15.0 Å². The van der Waals surface area contributed by atoms with Crippen molar-refractivity contribution in [1.29, 1.82) is 0 Å². The molecule has 0 spiro atoms. The highest BCUT2D eigenvalue weighted by Crippen LogP contribution is 2.11. The Bertz CT molecular complexity index is 689. The number of aromatic nitrogens is 3. The second kappa shape index (κ2) is 6.27. The minimum Gasteiger partial charge on any atom is -0.261 e. The number of pyridine rings is 1. The van der Waals surface area contributed by atoms with Crippen molar-refractivity contribution < 1.29 is 0 Å². The lowest BCUT2D eigenvalue weighted by molar-refractivity contribution is 0.930. The van der Waals surface area contributed by atoms with Crippen LogP contribution < -0.4 is 0 Å². The number of rotatable bonds is 4. The molecule has 0 N–H and O–H groups in total. The van der Waals surface area contributed by atoms with Gasteiger partial charge < -0.3 is 0 Å². The first-order valence-electron chi connectivity index (χ1n) is 7.05. The van der Waals surface area contributed by atoms with Gasteiger partial charge in [-0.25, -0.2) is 9.97 Å². The largest absolute Gasteiger partial charge is 0.261 e. The van der Waals surface area contributed by atoms with E-state index < -0.39 is 0 Å². The van der Waals surface area contributed by atoms with Crippen molar-refractivity contribution in [2.24, 2.45) is 0 Å². The maximum atomic E-state index is 4.51. The van der Waals surface area contributed by atoms with Gasteiger partial charge in [-0.2, -0.15) is 0 Å². The van der Waals surface area contributed by atoms with Crippen LogP contribution >= 0.6 is 0 Å². The van der Waals surface area contributed by atoms with Gasteiger partial charge in [0.15, 0.2) is 0 Å². The van der Waals surface area contributed by atoms with Crippen LogP contribution in [0.1, 0.15) is 28.2 Å². The topological polar surface area (TPSA) is 38.7 Å².